The summed E-state index contributed by atoms with van der Waals surface area (Å²) in [6.45, 7) is 10.5. The third-order valence-electron chi connectivity index (χ3n) is 4.97. The van der Waals surface area contributed by atoms with E-state index in [4.69, 9.17) is 11.3 Å². The van der Waals surface area contributed by atoms with E-state index in [0.717, 1.165) is 0 Å². The summed E-state index contributed by atoms with van der Waals surface area (Å²) in [5, 5.41) is 31.8. The smallest absolute Gasteiger partial charge is 0.283 e. The highest BCUT2D eigenvalue weighted by Crippen LogP contribution is 2.64. The Bertz CT molecular complexity index is 934. The number of aliphatic hydroxyl groups excluding tert-OH is 1. The summed E-state index contributed by atoms with van der Waals surface area (Å²) >= 11 is 3.26. The first kappa shape index (κ1) is 15.4. The van der Waals surface area contributed by atoms with Crippen LogP contribution in [-0.2, 0) is 15.9 Å². The molecule has 2 bridgehead atoms. The monoisotopic (exact) mass is 391 g/mol. The number of nitrogens with zero attached hydrogens (tertiary/aromatic N) is 3. The summed E-state index contributed by atoms with van der Waals surface area (Å²) in [5.74, 6) is -0.156. The minimum Gasteiger partial charge on any atom is -0.494 e. The molecule has 2 aromatic heterocycles. The first-order valence-corrected chi connectivity index (χ1v) is 8.11. The lowest BCUT2D eigenvalue weighted by molar-refractivity contribution is -0.0936. The Morgan fingerprint density at radius 1 is 1.38 bits per heavy atom. The van der Waals surface area contributed by atoms with E-state index < -0.39 is 17.3 Å². The number of ether oxygens (including phenoxy) is 1. The lowest BCUT2D eigenvalue weighted by Crippen LogP contribution is -2.32. The fourth-order valence-electron chi connectivity index (χ4n) is 3.90. The van der Waals surface area contributed by atoms with Crippen LogP contribution in [0.2, 0.25) is 0 Å². The Morgan fingerprint density at radius 3 is 2.67 bits per heavy atom. The normalized spacial score (nSPS) is 30.4. The Hall–Kier alpha value is -2.08. The zero-order valence-corrected chi connectivity index (χ0v) is 14.5. The Labute approximate surface area is 146 Å². The summed E-state index contributed by atoms with van der Waals surface area (Å²) < 4.78 is 7.65. The molecule has 124 valence electrons. The van der Waals surface area contributed by atoms with Gasteiger partial charge in [0.05, 0.1) is 28.5 Å². The van der Waals surface area contributed by atoms with E-state index in [0.29, 0.717) is 27.7 Å². The van der Waals surface area contributed by atoms with Crippen molar-refractivity contribution in [1.82, 2.24) is 9.55 Å². The van der Waals surface area contributed by atoms with Crippen LogP contribution in [0.5, 0.6) is 11.8 Å². The van der Waals surface area contributed by atoms with Crippen molar-refractivity contribution in [2.24, 2.45) is 0 Å². The largest absolute Gasteiger partial charge is 0.494 e. The van der Waals surface area contributed by atoms with Crippen LogP contribution in [0, 0.1) is 6.57 Å². The summed E-state index contributed by atoms with van der Waals surface area (Å²) in [7, 11) is 0. The summed E-state index contributed by atoms with van der Waals surface area (Å²) in [4.78, 5) is 7.29. The van der Waals surface area contributed by atoms with E-state index in [2.05, 4.69) is 25.8 Å². The first-order valence-electron chi connectivity index (χ1n) is 7.32. The molecule has 3 atom stereocenters. The second kappa shape index (κ2) is 4.51. The van der Waals surface area contributed by atoms with Crippen molar-refractivity contribution < 1.29 is 20.1 Å². The average Bonchev–Trinajstić information content (AvgIpc) is 3.01. The van der Waals surface area contributed by atoms with E-state index in [1.54, 1.807) is 19.9 Å². The zero-order chi connectivity index (χ0) is 17.4. The van der Waals surface area contributed by atoms with Crippen LogP contribution in [0.25, 0.3) is 10.5 Å². The molecule has 3 N–H and O–H groups in total. The van der Waals surface area contributed by atoms with Gasteiger partial charge in [0.25, 0.3) is 5.82 Å². The van der Waals surface area contributed by atoms with Gasteiger partial charge in [-0.25, -0.2) is 4.57 Å². The van der Waals surface area contributed by atoms with Gasteiger partial charge < -0.3 is 24.9 Å². The van der Waals surface area contributed by atoms with E-state index in [9.17, 15) is 15.3 Å². The van der Waals surface area contributed by atoms with Crippen molar-refractivity contribution in [1.29, 1.82) is 0 Å². The van der Waals surface area contributed by atoms with Gasteiger partial charge in [-0.3, -0.25) is 0 Å². The predicted molar refractivity (Wildman–Crippen MR) is 87.3 cm³/mol. The summed E-state index contributed by atoms with van der Waals surface area (Å²) in [6.07, 6.45) is 0.966. The maximum absolute atomic E-state index is 10.7. The second-order valence-corrected chi connectivity index (χ2v) is 7.36. The Kier molecular flexibility index (Phi) is 2.90. The summed E-state index contributed by atoms with van der Waals surface area (Å²) in [6, 6.07) is 1.60. The van der Waals surface area contributed by atoms with E-state index in [1.165, 1.54) is 10.8 Å². The number of pyridine rings is 1. The molecule has 7 nitrogen and oxygen atoms in total. The zero-order valence-electron chi connectivity index (χ0n) is 12.9. The molecule has 2 unspecified atom stereocenters. The number of fused-ring (bicyclic) bond motifs is 5. The molecular formula is C16H14BrN3O4. The number of hydrogen-bond donors (Lipinski definition) is 3. The maximum atomic E-state index is 10.7. The van der Waals surface area contributed by atoms with Gasteiger partial charge in [0, 0.05) is 10.9 Å². The quantitative estimate of drug-likeness (QED) is 0.650. The fourth-order valence-corrected chi connectivity index (χ4v) is 4.33. The van der Waals surface area contributed by atoms with Crippen LogP contribution < -0.4 is 0 Å². The molecule has 0 amide bonds. The number of aromatic hydroxyl groups is 2. The molecule has 0 aromatic carbocycles. The van der Waals surface area contributed by atoms with Crippen molar-refractivity contribution in [2.45, 2.75) is 37.6 Å². The predicted octanol–water partition coefficient (Wildman–Crippen LogP) is 2.82. The van der Waals surface area contributed by atoms with E-state index in [-0.39, 0.29) is 17.6 Å². The molecule has 2 aliphatic heterocycles. The standard InChI is InChI=1S/C16H14BrN3O4/c1-15-5-9(21)16(2,24-15)11-10(15)13(22)20(14(11)23)7-4-8(17)12(18-3)19-6-7/h4,6,9,21-23H,5H2,1-2H3/t9-,15?,16?/m0/s1. The molecule has 0 radical (unpaired) electrons. The van der Waals surface area contributed by atoms with Crippen LogP contribution in [0.15, 0.2) is 16.7 Å². The first-order chi connectivity index (χ1) is 11.2. The van der Waals surface area contributed by atoms with Crippen molar-refractivity contribution >= 4 is 21.7 Å². The van der Waals surface area contributed by atoms with Crippen molar-refractivity contribution in [3.8, 4) is 17.4 Å². The highest BCUT2D eigenvalue weighted by molar-refractivity contribution is 9.10. The Morgan fingerprint density at radius 2 is 2.04 bits per heavy atom. The van der Waals surface area contributed by atoms with Gasteiger partial charge in [-0.2, -0.15) is 0 Å². The van der Waals surface area contributed by atoms with Gasteiger partial charge in [0.2, 0.25) is 11.8 Å². The molecule has 0 spiro atoms. The molecule has 8 heteroatoms. The maximum Gasteiger partial charge on any atom is 0.283 e. The molecule has 1 fully saturated rings. The van der Waals surface area contributed by atoms with Crippen LogP contribution in [0.1, 0.15) is 31.4 Å². The summed E-state index contributed by atoms with van der Waals surface area (Å²) in [5.41, 5.74) is -0.653. The fraction of sp³-hybridized carbons (Fsp3) is 0.375. The topological polar surface area (TPSA) is 92.1 Å². The molecule has 1 saturated heterocycles. The van der Waals surface area contributed by atoms with Crippen molar-refractivity contribution in [3.05, 3.63) is 39.3 Å². The van der Waals surface area contributed by atoms with E-state index >= 15 is 0 Å². The minimum absolute atomic E-state index is 0.148. The second-order valence-electron chi connectivity index (χ2n) is 6.50. The van der Waals surface area contributed by atoms with Crippen LogP contribution in [0.4, 0.5) is 5.82 Å². The van der Waals surface area contributed by atoms with Gasteiger partial charge in [-0.15, -0.1) is 4.98 Å². The van der Waals surface area contributed by atoms with Crippen molar-refractivity contribution in [3.63, 3.8) is 0 Å². The molecule has 0 aliphatic carbocycles. The number of rotatable bonds is 1. The van der Waals surface area contributed by atoms with Crippen LogP contribution >= 0.6 is 15.9 Å². The van der Waals surface area contributed by atoms with Crippen LogP contribution in [-0.4, -0.2) is 31.0 Å². The number of halogens is 1. The molecule has 2 aromatic rings. The molecule has 2 aliphatic rings. The molecule has 24 heavy (non-hydrogen) atoms. The molecular weight excluding hydrogens is 378 g/mol. The SMILES string of the molecule is [C-]#[N+]c1ncc(-n2c(O)c3c(c2O)C2(C)OC3(C)C[C@@H]2O)cc1Br. The van der Waals surface area contributed by atoms with E-state index in [1.807, 2.05) is 0 Å². The van der Waals surface area contributed by atoms with Crippen molar-refractivity contribution in [2.75, 3.05) is 0 Å². The Balaban J connectivity index is 1.98. The van der Waals surface area contributed by atoms with Gasteiger partial charge in [-0.1, -0.05) is 22.5 Å². The van der Waals surface area contributed by atoms with Gasteiger partial charge >= 0.3 is 0 Å². The van der Waals surface area contributed by atoms with Gasteiger partial charge in [-0.05, 0) is 19.9 Å². The third-order valence-corrected chi connectivity index (χ3v) is 5.56. The third kappa shape index (κ3) is 1.64. The lowest BCUT2D eigenvalue weighted by atomic mass is 9.78. The van der Waals surface area contributed by atoms with Gasteiger partial charge in [0.15, 0.2) is 0 Å². The highest BCUT2D eigenvalue weighted by Gasteiger charge is 2.64. The average molecular weight is 392 g/mol. The minimum atomic E-state index is -1.07. The number of aliphatic hydroxyl groups is 1. The molecule has 4 heterocycles. The number of hydrogen-bond acceptors (Lipinski definition) is 5. The molecule has 4 rings (SSSR count). The molecule has 0 saturated carbocycles. The lowest BCUT2D eigenvalue weighted by Gasteiger charge is -2.25. The van der Waals surface area contributed by atoms with Crippen LogP contribution in [0.3, 0.4) is 0 Å². The van der Waals surface area contributed by atoms with Gasteiger partial charge in [0.1, 0.15) is 11.8 Å². The highest BCUT2D eigenvalue weighted by atomic mass is 79.9. The number of aromatic nitrogens is 2.